The van der Waals surface area contributed by atoms with Gasteiger partial charge in [0.15, 0.2) is 0 Å². The molecule has 2 aliphatic heterocycles. The number of hydrogen-bond acceptors (Lipinski definition) is 4. The van der Waals surface area contributed by atoms with E-state index in [1.807, 2.05) is 7.11 Å². The molecule has 0 aromatic heterocycles. The highest BCUT2D eigenvalue weighted by Gasteiger charge is 2.36. The van der Waals surface area contributed by atoms with E-state index in [0.717, 1.165) is 37.5 Å². The summed E-state index contributed by atoms with van der Waals surface area (Å²) < 4.78 is 33.6. The quantitative estimate of drug-likeness (QED) is 0.487. The summed E-state index contributed by atoms with van der Waals surface area (Å²) in [6.07, 6.45) is 2.28. The van der Waals surface area contributed by atoms with Gasteiger partial charge in [-0.3, -0.25) is 9.80 Å². The van der Waals surface area contributed by atoms with Crippen LogP contribution in [-0.2, 0) is 9.47 Å². The van der Waals surface area contributed by atoms with Gasteiger partial charge in [0, 0.05) is 44.4 Å². The van der Waals surface area contributed by atoms with E-state index in [-0.39, 0.29) is 12.5 Å². The fraction of sp³-hybridized carbons (Fsp3) is 1.00. The monoisotopic (exact) mass is 434 g/mol. The number of halogens is 2. The van der Waals surface area contributed by atoms with Crippen molar-refractivity contribution < 1.29 is 18.3 Å². The second kappa shape index (κ2) is 13.3. The lowest BCUT2D eigenvalue weighted by Gasteiger charge is -2.30. The Kier molecular flexibility index (Phi) is 12.3. The highest BCUT2D eigenvalue weighted by Crippen LogP contribution is 2.31. The van der Waals surface area contributed by atoms with E-state index < -0.39 is 6.61 Å². The average molecular weight is 435 g/mol. The topological polar surface area (TPSA) is 24.9 Å². The normalized spacial score (nSPS) is 28.4. The molecule has 0 N–H and O–H groups in total. The van der Waals surface area contributed by atoms with Crippen LogP contribution < -0.4 is 0 Å². The highest BCUT2D eigenvalue weighted by atomic mass is 19.3. The van der Waals surface area contributed by atoms with Gasteiger partial charge in [-0.05, 0) is 64.2 Å². The zero-order chi connectivity index (χ0) is 23.0. The fourth-order valence-corrected chi connectivity index (χ4v) is 5.15. The minimum absolute atomic E-state index is 0.185. The molecular weight excluding hydrogens is 386 g/mol. The van der Waals surface area contributed by atoms with Crippen LogP contribution in [0.5, 0.6) is 0 Å². The summed E-state index contributed by atoms with van der Waals surface area (Å²) in [7, 11) is 1.81. The summed E-state index contributed by atoms with van der Waals surface area (Å²) in [5.41, 5.74) is 0. The van der Waals surface area contributed by atoms with Crippen molar-refractivity contribution in [1.29, 1.82) is 0 Å². The van der Waals surface area contributed by atoms with Crippen LogP contribution in [0.2, 0.25) is 0 Å². The third-order valence-corrected chi connectivity index (χ3v) is 6.67. The number of ether oxygens (including phenoxy) is 2. The molecule has 0 bridgehead atoms. The van der Waals surface area contributed by atoms with Crippen molar-refractivity contribution in [3.8, 4) is 0 Å². The van der Waals surface area contributed by atoms with E-state index in [1.54, 1.807) is 0 Å². The first-order chi connectivity index (χ1) is 14.0. The Morgan fingerprint density at radius 1 is 0.733 bits per heavy atom. The first-order valence-electron chi connectivity index (χ1n) is 11.9. The molecule has 2 rings (SSSR count). The van der Waals surface area contributed by atoms with Gasteiger partial charge in [0.05, 0.1) is 13.2 Å². The van der Waals surface area contributed by atoms with Crippen molar-refractivity contribution >= 4 is 0 Å². The number of alkyl halides is 2. The van der Waals surface area contributed by atoms with Crippen LogP contribution in [-0.4, -0.2) is 74.0 Å². The molecule has 0 aromatic carbocycles. The minimum Gasteiger partial charge on any atom is -0.384 e. The van der Waals surface area contributed by atoms with Gasteiger partial charge in [0.25, 0.3) is 0 Å². The van der Waals surface area contributed by atoms with Crippen molar-refractivity contribution in [2.45, 2.75) is 99.0 Å². The van der Waals surface area contributed by atoms with Gasteiger partial charge >= 0.3 is 6.61 Å². The van der Waals surface area contributed by atoms with Crippen LogP contribution in [0.1, 0.15) is 68.2 Å². The van der Waals surface area contributed by atoms with Crippen molar-refractivity contribution in [1.82, 2.24) is 9.80 Å². The minimum atomic E-state index is -2.63. The molecule has 180 valence electrons. The molecule has 0 spiro atoms. The van der Waals surface area contributed by atoms with Crippen LogP contribution in [0.4, 0.5) is 8.78 Å². The van der Waals surface area contributed by atoms with E-state index in [4.69, 9.17) is 4.74 Å². The lowest BCUT2D eigenvalue weighted by molar-refractivity contribution is -0.137. The third-order valence-electron chi connectivity index (χ3n) is 6.67. The molecule has 0 saturated carbocycles. The van der Waals surface area contributed by atoms with E-state index in [1.165, 1.54) is 13.0 Å². The summed E-state index contributed by atoms with van der Waals surface area (Å²) in [6, 6.07) is 2.41. The molecule has 0 amide bonds. The summed E-state index contributed by atoms with van der Waals surface area (Å²) in [5, 5.41) is 0. The molecule has 4 nitrogen and oxygen atoms in total. The second-order valence-electron chi connectivity index (χ2n) is 10.5. The van der Waals surface area contributed by atoms with E-state index in [2.05, 4.69) is 69.9 Å². The Morgan fingerprint density at radius 2 is 1.13 bits per heavy atom. The Labute approximate surface area is 184 Å². The summed E-state index contributed by atoms with van der Waals surface area (Å²) >= 11 is 0. The number of nitrogens with zero attached hydrogens (tertiary/aromatic N) is 2. The van der Waals surface area contributed by atoms with E-state index in [0.29, 0.717) is 24.0 Å². The zero-order valence-corrected chi connectivity index (χ0v) is 20.9. The van der Waals surface area contributed by atoms with Crippen molar-refractivity contribution in [3.05, 3.63) is 0 Å². The fourth-order valence-electron chi connectivity index (χ4n) is 5.15. The lowest BCUT2D eigenvalue weighted by Crippen LogP contribution is -2.38. The first kappa shape index (κ1) is 27.7. The van der Waals surface area contributed by atoms with Gasteiger partial charge in [-0.2, -0.15) is 8.78 Å². The van der Waals surface area contributed by atoms with Gasteiger partial charge in [-0.15, -0.1) is 0 Å². The van der Waals surface area contributed by atoms with E-state index in [9.17, 15) is 8.78 Å². The van der Waals surface area contributed by atoms with Gasteiger partial charge in [0.1, 0.15) is 0 Å². The molecule has 2 unspecified atom stereocenters. The lowest BCUT2D eigenvalue weighted by atomic mass is 9.97. The zero-order valence-electron chi connectivity index (χ0n) is 20.9. The van der Waals surface area contributed by atoms with Gasteiger partial charge in [-0.1, -0.05) is 27.7 Å². The molecule has 2 aliphatic rings. The maximum Gasteiger partial charge on any atom is 0.345 e. The maximum absolute atomic E-state index is 12.0. The largest absolute Gasteiger partial charge is 0.384 e. The van der Waals surface area contributed by atoms with Crippen LogP contribution >= 0.6 is 0 Å². The first-order valence-corrected chi connectivity index (χ1v) is 11.9. The number of rotatable bonds is 9. The molecule has 0 radical (unpaired) electrons. The Balaban J connectivity index is 0.000000303. The Hall–Kier alpha value is -0.300. The predicted molar refractivity (Wildman–Crippen MR) is 121 cm³/mol. The number of hydrogen-bond donors (Lipinski definition) is 0. The number of likely N-dealkylation sites (tertiary alicyclic amines) is 2. The number of methoxy groups -OCH3 is 1. The Morgan fingerprint density at radius 3 is 1.40 bits per heavy atom. The second-order valence-corrected chi connectivity index (χ2v) is 10.5. The molecule has 2 saturated heterocycles. The SMILES string of the molecule is CC(C)[C@@H]1CC(COC(F)F)CN1C(C)C.COCC1C[C@@H](C(C)C)N(C(C)C)C1. The van der Waals surface area contributed by atoms with Crippen molar-refractivity contribution in [2.24, 2.45) is 23.7 Å². The van der Waals surface area contributed by atoms with Crippen LogP contribution in [0.25, 0.3) is 0 Å². The van der Waals surface area contributed by atoms with Gasteiger partial charge < -0.3 is 9.47 Å². The Bertz CT molecular complexity index is 428. The smallest absolute Gasteiger partial charge is 0.345 e. The molecule has 4 atom stereocenters. The highest BCUT2D eigenvalue weighted by molar-refractivity contribution is 4.89. The van der Waals surface area contributed by atoms with Crippen molar-refractivity contribution in [2.75, 3.05) is 33.4 Å². The molecule has 0 aliphatic carbocycles. The molecular formula is C24H48F2N2O2. The van der Waals surface area contributed by atoms with Gasteiger partial charge in [-0.25, -0.2) is 0 Å². The molecule has 2 fully saturated rings. The van der Waals surface area contributed by atoms with Crippen LogP contribution in [0.15, 0.2) is 0 Å². The third kappa shape index (κ3) is 8.68. The van der Waals surface area contributed by atoms with Gasteiger partial charge in [0.2, 0.25) is 0 Å². The summed E-state index contributed by atoms with van der Waals surface area (Å²) in [4.78, 5) is 5.04. The molecule has 2 heterocycles. The van der Waals surface area contributed by atoms with Crippen LogP contribution in [0, 0.1) is 23.7 Å². The molecule has 6 heteroatoms. The summed E-state index contributed by atoms with van der Waals surface area (Å²) in [6.45, 7) is 18.5. The van der Waals surface area contributed by atoms with Crippen LogP contribution in [0.3, 0.4) is 0 Å². The predicted octanol–water partition coefficient (Wildman–Crippen LogP) is 5.37. The maximum atomic E-state index is 12.0. The van der Waals surface area contributed by atoms with E-state index >= 15 is 0 Å². The molecule has 30 heavy (non-hydrogen) atoms. The molecule has 0 aromatic rings. The van der Waals surface area contributed by atoms with Crippen molar-refractivity contribution in [3.63, 3.8) is 0 Å². The standard InChI is InChI=1S/C12H23F2NO.C12H25NO/c1-8(2)11-5-10(7-16-12(13)14)6-15(11)9(3)4;1-9(2)12-6-11(8-14-5)7-13(12)10(3)4/h8-12H,5-7H2,1-4H3;9-12H,6-8H2,1-5H3/t10?,11-;11?,12-/m00/s1. The summed E-state index contributed by atoms with van der Waals surface area (Å²) in [5.74, 6) is 2.33. The average Bonchev–Trinajstić information content (AvgIpc) is 3.25.